The maximum Gasteiger partial charge on any atom is 0.275 e. The van der Waals surface area contributed by atoms with E-state index in [0.717, 1.165) is 49.9 Å². The van der Waals surface area contributed by atoms with Gasteiger partial charge in [0.1, 0.15) is 0 Å². The Morgan fingerprint density at radius 1 is 1.32 bits per heavy atom. The molecule has 1 fully saturated rings. The number of carbonyl (C=O) groups excluding carboxylic acids is 1. The molecule has 2 aliphatic heterocycles. The van der Waals surface area contributed by atoms with E-state index in [1.54, 1.807) is 0 Å². The Labute approximate surface area is 166 Å². The molecule has 28 heavy (non-hydrogen) atoms. The fourth-order valence-electron chi connectivity index (χ4n) is 4.71. The number of nitrogens with zero attached hydrogens (tertiary/aromatic N) is 3. The molecular formula is C22H30N4O2. The van der Waals surface area contributed by atoms with E-state index >= 15 is 0 Å². The lowest BCUT2D eigenvalue weighted by Gasteiger charge is -2.40. The number of piperidine rings is 1. The molecule has 0 aliphatic carbocycles. The Balaban J connectivity index is 1.59. The lowest BCUT2D eigenvalue weighted by Crippen LogP contribution is -2.50. The van der Waals surface area contributed by atoms with Crippen molar-refractivity contribution in [2.45, 2.75) is 44.8 Å². The summed E-state index contributed by atoms with van der Waals surface area (Å²) in [6.45, 7) is 2.53. The number of aromatic nitrogens is 2. The lowest BCUT2D eigenvalue weighted by molar-refractivity contribution is 0.0505. The molecular weight excluding hydrogens is 352 g/mol. The van der Waals surface area contributed by atoms with Crippen LogP contribution in [0.1, 0.15) is 46.6 Å². The van der Waals surface area contributed by atoms with Crippen molar-refractivity contribution in [1.29, 1.82) is 0 Å². The van der Waals surface area contributed by atoms with Gasteiger partial charge in [-0.1, -0.05) is 30.3 Å². The Bertz CT molecular complexity index is 817. The van der Waals surface area contributed by atoms with Gasteiger partial charge in [-0.2, -0.15) is 5.10 Å². The Morgan fingerprint density at radius 3 is 2.93 bits per heavy atom. The van der Waals surface area contributed by atoms with Gasteiger partial charge >= 0.3 is 0 Å². The highest BCUT2D eigenvalue weighted by molar-refractivity contribution is 5.94. The number of amides is 1. The van der Waals surface area contributed by atoms with Gasteiger partial charge in [0, 0.05) is 37.3 Å². The zero-order chi connectivity index (χ0) is 19.5. The van der Waals surface area contributed by atoms with Crippen molar-refractivity contribution in [3.8, 4) is 0 Å². The zero-order valence-corrected chi connectivity index (χ0v) is 16.6. The number of nitrogens with two attached hydrogens (primary N) is 1. The largest absolute Gasteiger partial charge is 0.376 e. The van der Waals surface area contributed by atoms with Crippen LogP contribution in [0.2, 0.25) is 0 Å². The minimum absolute atomic E-state index is 0.0403. The minimum Gasteiger partial charge on any atom is -0.376 e. The molecule has 6 heteroatoms. The average Bonchev–Trinajstić information content (AvgIpc) is 3.09. The normalized spacial score (nSPS) is 20.6. The molecule has 2 atom stereocenters. The van der Waals surface area contributed by atoms with Gasteiger partial charge in [-0.3, -0.25) is 9.48 Å². The van der Waals surface area contributed by atoms with Crippen molar-refractivity contribution in [3.63, 3.8) is 0 Å². The summed E-state index contributed by atoms with van der Waals surface area (Å²) in [6.07, 6.45) is 4.90. The number of rotatable bonds is 5. The molecule has 1 aromatic carbocycles. The van der Waals surface area contributed by atoms with Crippen LogP contribution in [-0.4, -0.2) is 46.3 Å². The number of likely N-dealkylation sites (tertiary alicyclic amines) is 1. The second-order valence-electron chi connectivity index (χ2n) is 7.95. The molecule has 4 rings (SSSR count). The van der Waals surface area contributed by atoms with Crippen LogP contribution in [0.25, 0.3) is 0 Å². The summed E-state index contributed by atoms with van der Waals surface area (Å²) >= 11 is 0. The quantitative estimate of drug-likeness (QED) is 0.861. The van der Waals surface area contributed by atoms with Gasteiger partial charge in [-0.05, 0) is 43.7 Å². The van der Waals surface area contributed by atoms with Gasteiger partial charge in [-0.15, -0.1) is 0 Å². The SMILES string of the molecule is Cn1nc(C(=O)N2CCCCC2C(CN)Cc2ccccc2)c2c1CCOC2. The molecule has 1 amide bonds. The van der Waals surface area contributed by atoms with E-state index in [1.165, 1.54) is 5.56 Å². The van der Waals surface area contributed by atoms with Gasteiger partial charge in [0.25, 0.3) is 5.91 Å². The molecule has 1 saturated heterocycles. The van der Waals surface area contributed by atoms with Crippen LogP contribution in [0.15, 0.2) is 30.3 Å². The second-order valence-corrected chi connectivity index (χ2v) is 7.95. The van der Waals surface area contributed by atoms with Crippen molar-refractivity contribution in [2.75, 3.05) is 19.7 Å². The first-order valence-corrected chi connectivity index (χ1v) is 10.4. The predicted octanol–water partition coefficient (Wildman–Crippen LogP) is 2.31. The van der Waals surface area contributed by atoms with E-state index in [9.17, 15) is 4.79 Å². The Kier molecular flexibility index (Phi) is 5.78. The summed E-state index contributed by atoms with van der Waals surface area (Å²) in [6, 6.07) is 10.6. The van der Waals surface area contributed by atoms with Crippen LogP contribution in [0.4, 0.5) is 0 Å². The summed E-state index contributed by atoms with van der Waals surface area (Å²) in [5.41, 5.74) is 10.1. The van der Waals surface area contributed by atoms with E-state index < -0.39 is 0 Å². The van der Waals surface area contributed by atoms with E-state index in [2.05, 4.69) is 29.4 Å². The molecule has 3 heterocycles. The maximum absolute atomic E-state index is 13.5. The van der Waals surface area contributed by atoms with Crippen molar-refractivity contribution < 1.29 is 9.53 Å². The highest BCUT2D eigenvalue weighted by atomic mass is 16.5. The van der Waals surface area contributed by atoms with Crippen LogP contribution in [0.5, 0.6) is 0 Å². The highest BCUT2D eigenvalue weighted by Gasteiger charge is 2.36. The molecule has 150 valence electrons. The number of carbonyl (C=O) groups is 1. The smallest absolute Gasteiger partial charge is 0.275 e. The van der Waals surface area contributed by atoms with Crippen molar-refractivity contribution in [1.82, 2.24) is 14.7 Å². The summed E-state index contributed by atoms with van der Waals surface area (Å²) in [7, 11) is 1.92. The van der Waals surface area contributed by atoms with Gasteiger partial charge in [0.2, 0.25) is 0 Å². The van der Waals surface area contributed by atoms with Gasteiger partial charge < -0.3 is 15.4 Å². The van der Waals surface area contributed by atoms with Crippen LogP contribution in [-0.2, 0) is 31.2 Å². The summed E-state index contributed by atoms with van der Waals surface area (Å²) < 4.78 is 7.47. The topological polar surface area (TPSA) is 73.4 Å². The standard InChI is InChI=1S/C22H30N4O2/c1-25-20-10-12-28-15-18(20)21(24-25)22(27)26-11-6-5-9-19(26)17(14-23)13-16-7-3-2-4-8-16/h2-4,7-8,17,19H,5-6,9-15,23H2,1H3. The third-order valence-corrected chi connectivity index (χ3v) is 6.20. The number of benzene rings is 1. The fourth-order valence-corrected chi connectivity index (χ4v) is 4.71. The highest BCUT2D eigenvalue weighted by Crippen LogP contribution is 2.29. The molecule has 0 spiro atoms. The van der Waals surface area contributed by atoms with E-state index in [0.29, 0.717) is 25.5 Å². The Morgan fingerprint density at radius 2 is 2.14 bits per heavy atom. The van der Waals surface area contributed by atoms with E-state index in [4.69, 9.17) is 10.5 Å². The summed E-state index contributed by atoms with van der Waals surface area (Å²) in [5, 5.41) is 4.59. The van der Waals surface area contributed by atoms with Crippen molar-refractivity contribution in [2.24, 2.45) is 18.7 Å². The first-order chi connectivity index (χ1) is 13.7. The third-order valence-electron chi connectivity index (χ3n) is 6.20. The molecule has 2 N–H and O–H groups in total. The zero-order valence-electron chi connectivity index (χ0n) is 16.6. The number of hydrogen-bond donors (Lipinski definition) is 1. The number of aryl methyl sites for hydroxylation is 1. The molecule has 6 nitrogen and oxygen atoms in total. The monoisotopic (exact) mass is 382 g/mol. The Hall–Kier alpha value is -2.18. The maximum atomic E-state index is 13.5. The summed E-state index contributed by atoms with van der Waals surface area (Å²) in [4.78, 5) is 15.6. The van der Waals surface area contributed by atoms with Crippen LogP contribution in [0, 0.1) is 5.92 Å². The average molecular weight is 383 g/mol. The number of ether oxygens (including phenoxy) is 1. The van der Waals surface area contributed by atoms with Crippen molar-refractivity contribution in [3.05, 3.63) is 52.8 Å². The lowest BCUT2D eigenvalue weighted by atomic mass is 9.85. The first-order valence-electron chi connectivity index (χ1n) is 10.4. The van der Waals surface area contributed by atoms with Gasteiger partial charge in [0.05, 0.1) is 13.2 Å². The predicted molar refractivity (Wildman–Crippen MR) is 108 cm³/mol. The first kappa shape index (κ1) is 19.2. The molecule has 2 aliphatic rings. The van der Waals surface area contributed by atoms with Gasteiger partial charge in [0.15, 0.2) is 5.69 Å². The van der Waals surface area contributed by atoms with Gasteiger partial charge in [-0.25, -0.2) is 0 Å². The molecule has 0 saturated carbocycles. The second kappa shape index (κ2) is 8.45. The van der Waals surface area contributed by atoms with Crippen LogP contribution in [0.3, 0.4) is 0 Å². The number of hydrogen-bond acceptors (Lipinski definition) is 4. The molecule has 2 unspecified atom stereocenters. The fraction of sp³-hybridized carbons (Fsp3) is 0.545. The molecule has 0 bridgehead atoms. The summed E-state index contributed by atoms with van der Waals surface area (Å²) in [5.74, 6) is 0.293. The van der Waals surface area contributed by atoms with E-state index in [1.807, 2.05) is 22.7 Å². The molecule has 1 aromatic heterocycles. The number of fused-ring (bicyclic) bond motifs is 1. The van der Waals surface area contributed by atoms with E-state index in [-0.39, 0.29) is 17.9 Å². The molecule has 2 aromatic rings. The minimum atomic E-state index is 0.0403. The third kappa shape index (κ3) is 3.71. The molecule has 0 radical (unpaired) electrons. The van der Waals surface area contributed by atoms with Crippen LogP contribution < -0.4 is 5.73 Å². The van der Waals surface area contributed by atoms with Crippen LogP contribution >= 0.6 is 0 Å². The van der Waals surface area contributed by atoms with Crippen molar-refractivity contribution >= 4 is 5.91 Å².